The third-order valence-electron chi connectivity index (χ3n) is 4.55. The van der Waals surface area contributed by atoms with E-state index in [2.05, 4.69) is 50.4 Å². The summed E-state index contributed by atoms with van der Waals surface area (Å²) in [4.78, 5) is 12.5. The van der Waals surface area contributed by atoms with Gasteiger partial charge in [0.05, 0.1) is 12.0 Å². The number of carbonyl (C=O) groups excluding carboxylic acids is 1. The Morgan fingerprint density at radius 2 is 1.58 bits per heavy atom. The van der Waals surface area contributed by atoms with E-state index in [9.17, 15) is 4.79 Å². The van der Waals surface area contributed by atoms with E-state index in [-0.39, 0.29) is 17.9 Å². The fraction of sp³-hybridized carbons (Fsp3) is 0.435. The van der Waals surface area contributed by atoms with Gasteiger partial charge >= 0.3 is 0 Å². The van der Waals surface area contributed by atoms with Crippen LogP contribution in [-0.4, -0.2) is 12.0 Å². The van der Waals surface area contributed by atoms with Gasteiger partial charge in [-0.1, -0.05) is 45.0 Å². The molecule has 0 aliphatic rings. The van der Waals surface area contributed by atoms with Crippen molar-refractivity contribution in [3.05, 3.63) is 59.7 Å². The van der Waals surface area contributed by atoms with Gasteiger partial charge in [-0.2, -0.15) is 0 Å². The van der Waals surface area contributed by atoms with Gasteiger partial charge in [0.15, 0.2) is 0 Å². The zero-order valence-corrected chi connectivity index (χ0v) is 16.6. The summed E-state index contributed by atoms with van der Waals surface area (Å²) in [5.41, 5.74) is 3.13. The summed E-state index contributed by atoms with van der Waals surface area (Å²) in [5.74, 6) is 1.26. The van der Waals surface area contributed by atoms with Crippen LogP contribution in [0.25, 0.3) is 0 Å². The number of ether oxygens (including phenoxy) is 1. The first kappa shape index (κ1) is 20.0. The smallest absolute Gasteiger partial charge is 0.231 e. The number of hydrogen-bond donors (Lipinski definition) is 1. The second-order valence-corrected chi connectivity index (χ2v) is 7.41. The van der Waals surface area contributed by atoms with Crippen LogP contribution in [0.3, 0.4) is 0 Å². The zero-order valence-electron chi connectivity index (χ0n) is 16.6. The lowest BCUT2D eigenvalue weighted by Crippen LogP contribution is -2.19. The average molecular weight is 354 g/mol. The maximum atomic E-state index is 12.5. The topological polar surface area (TPSA) is 38.3 Å². The molecule has 2 unspecified atom stereocenters. The summed E-state index contributed by atoms with van der Waals surface area (Å²) in [6.45, 7) is 10.5. The van der Waals surface area contributed by atoms with Gasteiger partial charge in [0.2, 0.25) is 5.91 Å². The van der Waals surface area contributed by atoms with Crippen LogP contribution in [0, 0.1) is 5.92 Å². The molecule has 3 nitrogen and oxygen atoms in total. The van der Waals surface area contributed by atoms with Crippen molar-refractivity contribution < 1.29 is 9.53 Å². The van der Waals surface area contributed by atoms with Crippen molar-refractivity contribution in [3.8, 4) is 5.75 Å². The maximum absolute atomic E-state index is 12.5. The highest BCUT2D eigenvalue weighted by atomic mass is 16.5. The third-order valence-corrected chi connectivity index (χ3v) is 4.55. The van der Waals surface area contributed by atoms with Crippen molar-refractivity contribution in [2.24, 2.45) is 5.92 Å². The van der Waals surface area contributed by atoms with Crippen LogP contribution in [0.15, 0.2) is 48.5 Å². The molecule has 0 heterocycles. The molecule has 2 aromatic carbocycles. The number of anilines is 1. The molecule has 0 spiro atoms. The molecule has 2 atom stereocenters. The first-order chi connectivity index (χ1) is 12.4. The Labute approximate surface area is 157 Å². The Morgan fingerprint density at radius 1 is 0.962 bits per heavy atom. The Morgan fingerprint density at radius 3 is 2.12 bits per heavy atom. The van der Waals surface area contributed by atoms with E-state index in [1.54, 1.807) is 0 Å². The molecule has 1 amide bonds. The summed E-state index contributed by atoms with van der Waals surface area (Å²) in [6.07, 6.45) is 2.21. The van der Waals surface area contributed by atoms with Crippen LogP contribution in [0.2, 0.25) is 0 Å². The normalized spacial score (nSPS) is 13.3. The van der Waals surface area contributed by atoms with E-state index in [4.69, 9.17) is 4.74 Å². The summed E-state index contributed by atoms with van der Waals surface area (Å²) in [5, 5.41) is 2.99. The Balaban J connectivity index is 1.96. The number of amides is 1. The third kappa shape index (κ3) is 5.91. The number of nitrogens with one attached hydrogen (secondary N) is 1. The van der Waals surface area contributed by atoms with Crippen molar-refractivity contribution in [2.45, 2.75) is 59.5 Å². The lowest BCUT2D eigenvalue weighted by Gasteiger charge is -2.15. The van der Waals surface area contributed by atoms with Gasteiger partial charge in [0.1, 0.15) is 5.75 Å². The second-order valence-electron chi connectivity index (χ2n) is 7.41. The Kier molecular flexibility index (Phi) is 7.26. The largest absolute Gasteiger partial charge is 0.491 e. The number of rotatable bonds is 8. The van der Waals surface area contributed by atoms with Gasteiger partial charge < -0.3 is 10.1 Å². The van der Waals surface area contributed by atoms with Gasteiger partial charge in [0, 0.05) is 5.69 Å². The minimum Gasteiger partial charge on any atom is -0.491 e. The predicted octanol–water partition coefficient (Wildman–Crippen LogP) is 5.80. The molecule has 1 N–H and O–H groups in total. The molecule has 0 fully saturated rings. The molecule has 26 heavy (non-hydrogen) atoms. The van der Waals surface area contributed by atoms with Crippen LogP contribution >= 0.6 is 0 Å². The minimum atomic E-state index is -0.195. The summed E-state index contributed by atoms with van der Waals surface area (Å²) in [7, 11) is 0. The van der Waals surface area contributed by atoms with Gasteiger partial charge in [0.25, 0.3) is 0 Å². The summed E-state index contributed by atoms with van der Waals surface area (Å²) >= 11 is 0. The standard InChI is InChI=1S/C23H31NO2/c1-6-17(4)26-22-13-11-21(12-14-22)24-23(25)18(5)20-9-7-19(8-10-20)15-16(2)3/h7-14,16-18H,6,15H2,1-5H3,(H,24,25). The lowest BCUT2D eigenvalue weighted by atomic mass is 9.96. The van der Waals surface area contributed by atoms with Crippen molar-refractivity contribution in [1.82, 2.24) is 0 Å². The quantitative estimate of drug-likeness (QED) is 0.651. The molecule has 0 saturated carbocycles. The van der Waals surface area contributed by atoms with E-state index in [1.807, 2.05) is 38.1 Å². The molecular weight excluding hydrogens is 322 g/mol. The SMILES string of the molecule is CCC(C)Oc1ccc(NC(=O)C(C)c2ccc(CC(C)C)cc2)cc1. The lowest BCUT2D eigenvalue weighted by molar-refractivity contribution is -0.117. The molecule has 2 rings (SSSR count). The highest BCUT2D eigenvalue weighted by Gasteiger charge is 2.15. The Hall–Kier alpha value is -2.29. The van der Waals surface area contributed by atoms with Crippen LogP contribution in [0.1, 0.15) is 58.1 Å². The second kappa shape index (κ2) is 9.42. The molecule has 0 saturated heterocycles. The fourth-order valence-electron chi connectivity index (χ4n) is 2.75. The van der Waals surface area contributed by atoms with Crippen LogP contribution in [-0.2, 0) is 11.2 Å². The van der Waals surface area contributed by atoms with Crippen molar-refractivity contribution in [1.29, 1.82) is 0 Å². The van der Waals surface area contributed by atoms with Crippen molar-refractivity contribution >= 4 is 11.6 Å². The molecule has 2 aromatic rings. The molecule has 140 valence electrons. The summed E-state index contributed by atoms with van der Waals surface area (Å²) in [6, 6.07) is 15.9. The maximum Gasteiger partial charge on any atom is 0.231 e. The molecule has 0 radical (unpaired) electrons. The van der Waals surface area contributed by atoms with Gasteiger partial charge in [-0.15, -0.1) is 0 Å². The average Bonchev–Trinajstić information content (AvgIpc) is 2.62. The highest BCUT2D eigenvalue weighted by molar-refractivity contribution is 5.95. The van der Waals surface area contributed by atoms with E-state index in [0.29, 0.717) is 5.92 Å². The fourth-order valence-corrected chi connectivity index (χ4v) is 2.75. The monoisotopic (exact) mass is 353 g/mol. The van der Waals surface area contributed by atoms with Crippen molar-refractivity contribution in [3.63, 3.8) is 0 Å². The molecule has 0 aromatic heterocycles. The summed E-state index contributed by atoms with van der Waals surface area (Å²) < 4.78 is 5.77. The van der Waals surface area contributed by atoms with Crippen LogP contribution < -0.4 is 10.1 Å². The Bertz CT molecular complexity index is 689. The van der Waals surface area contributed by atoms with Crippen molar-refractivity contribution in [2.75, 3.05) is 5.32 Å². The highest BCUT2D eigenvalue weighted by Crippen LogP contribution is 2.22. The molecule has 0 bridgehead atoms. The first-order valence-electron chi connectivity index (χ1n) is 9.55. The molecule has 0 aliphatic heterocycles. The van der Waals surface area contributed by atoms with Gasteiger partial charge in [-0.3, -0.25) is 4.79 Å². The van der Waals surface area contributed by atoms with Crippen LogP contribution in [0.4, 0.5) is 5.69 Å². The molecular formula is C23H31NO2. The number of benzene rings is 2. The van der Waals surface area contributed by atoms with E-state index < -0.39 is 0 Å². The van der Waals surface area contributed by atoms with Crippen LogP contribution in [0.5, 0.6) is 5.75 Å². The minimum absolute atomic E-state index is 0.00259. The predicted molar refractivity (Wildman–Crippen MR) is 109 cm³/mol. The number of carbonyl (C=O) groups is 1. The van der Waals surface area contributed by atoms with Gasteiger partial charge in [-0.25, -0.2) is 0 Å². The van der Waals surface area contributed by atoms with E-state index in [1.165, 1.54) is 5.56 Å². The number of hydrogen-bond acceptors (Lipinski definition) is 2. The van der Waals surface area contributed by atoms with E-state index in [0.717, 1.165) is 29.8 Å². The van der Waals surface area contributed by atoms with E-state index >= 15 is 0 Å². The molecule has 0 aliphatic carbocycles. The van der Waals surface area contributed by atoms with Gasteiger partial charge in [-0.05, 0) is 68.0 Å². The first-order valence-corrected chi connectivity index (χ1v) is 9.55. The molecule has 3 heteroatoms. The zero-order chi connectivity index (χ0) is 19.1.